The molecule has 1 rings (SSSR count). The van der Waals surface area contributed by atoms with Gasteiger partial charge in [-0.05, 0) is 25.7 Å². The maximum atomic E-state index is 10.5. The van der Waals surface area contributed by atoms with Crippen molar-refractivity contribution in [1.29, 1.82) is 0 Å². The number of hydrogen-bond acceptors (Lipinski definition) is 4. The highest BCUT2D eigenvalue weighted by atomic mass is 16.3. The van der Waals surface area contributed by atoms with Gasteiger partial charge in [-0.15, -0.1) is 0 Å². The van der Waals surface area contributed by atoms with Gasteiger partial charge >= 0.3 is 0 Å². The maximum absolute atomic E-state index is 10.5. The Morgan fingerprint density at radius 2 is 2.08 bits per heavy atom. The monoisotopic (exact) mass is 188 g/mol. The second-order valence-electron chi connectivity index (χ2n) is 3.79. The number of hydrogen-bond donors (Lipinski definition) is 4. The van der Waals surface area contributed by atoms with Crippen molar-refractivity contribution in [1.82, 2.24) is 0 Å². The van der Waals surface area contributed by atoms with Gasteiger partial charge in [-0.2, -0.15) is 0 Å². The molecule has 0 aromatic heterocycles. The topological polar surface area (TPSA) is 110 Å². The molecule has 1 saturated carbocycles. The Hall–Kier alpha value is -0.650. The molecule has 0 aromatic rings. The first-order valence-corrected chi connectivity index (χ1v) is 4.40. The van der Waals surface area contributed by atoms with E-state index in [1.807, 2.05) is 0 Å². The van der Waals surface area contributed by atoms with Gasteiger partial charge in [0, 0.05) is 6.04 Å². The molecule has 1 fully saturated rings. The zero-order valence-electron chi connectivity index (χ0n) is 7.44. The lowest BCUT2D eigenvalue weighted by Gasteiger charge is -2.38. The van der Waals surface area contributed by atoms with Crippen molar-refractivity contribution in [2.75, 3.05) is 0 Å². The Balaban J connectivity index is 2.39. The number of aliphatic hydroxyl groups is 2. The van der Waals surface area contributed by atoms with Crippen molar-refractivity contribution in [3.05, 3.63) is 0 Å². The first kappa shape index (κ1) is 10.4. The van der Waals surface area contributed by atoms with Gasteiger partial charge in [0.2, 0.25) is 5.91 Å². The summed E-state index contributed by atoms with van der Waals surface area (Å²) in [5.74, 6) is -0.838. The van der Waals surface area contributed by atoms with Gasteiger partial charge in [-0.3, -0.25) is 4.79 Å². The van der Waals surface area contributed by atoms with Crippen molar-refractivity contribution < 1.29 is 15.0 Å². The second kappa shape index (κ2) is 3.61. The summed E-state index contributed by atoms with van der Waals surface area (Å²) in [5, 5.41) is 18.8. The molecule has 0 saturated heterocycles. The van der Waals surface area contributed by atoms with Gasteiger partial charge < -0.3 is 21.7 Å². The van der Waals surface area contributed by atoms with Crippen LogP contribution in [0, 0.1) is 0 Å². The number of nitrogens with two attached hydrogens (primary N) is 2. The lowest BCUT2D eigenvalue weighted by atomic mass is 9.75. The zero-order chi connectivity index (χ0) is 10.1. The molecule has 13 heavy (non-hydrogen) atoms. The number of rotatable bonds is 4. The van der Waals surface area contributed by atoms with Crippen molar-refractivity contribution in [3.63, 3.8) is 0 Å². The van der Waals surface area contributed by atoms with Crippen molar-refractivity contribution in [2.24, 2.45) is 11.5 Å². The van der Waals surface area contributed by atoms with Gasteiger partial charge in [0.05, 0.1) is 5.60 Å². The van der Waals surface area contributed by atoms with E-state index in [4.69, 9.17) is 16.6 Å². The number of aliphatic hydroxyl groups excluding tert-OH is 1. The van der Waals surface area contributed by atoms with Crippen LogP contribution in [0.4, 0.5) is 0 Å². The summed E-state index contributed by atoms with van der Waals surface area (Å²) in [6.45, 7) is 0. The van der Waals surface area contributed by atoms with Crippen molar-refractivity contribution in [3.8, 4) is 0 Å². The highest BCUT2D eigenvalue weighted by Gasteiger charge is 2.38. The standard InChI is InChI=1S/C8H16N2O3/c9-5(6(11)7(10)12)4-8(13)2-1-3-8/h5-6,11,13H,1-4,9H2,(H2,10,12). The summed E-state index contributed by atoms with van der Waals surface area (Å²) in [7, 11) is 0. The quantitative estimate of drug-likeness (QED) is 0.429. The molecule has 0 bridgehead atoms. The molecule has 5 heteroatoms. The summed E-state index contributed by atoms with van der Waals surface area (Å²) in [4.78, 5) is 10.5. The van der Waals surface area contributed by atoms with E-state index in [9.17, 15) is 9.90 Å². The lowest BCUT2D eigenvalue weighted by molar-refractivity contribution is -0.128. The summed E-state index contributed by atoms with van der Waals surface area (Å²) >= 11 is 0. The number of carbonyl (C=O) groups is 1. The van der Waals surface area contributed by atoms with Gasteiger partial charge in [0.25, 0.3) is 0 Å². The number of amides is 1. The molecule has 2 atom stereocenters. The minimum atomic E-state index is -1.36. The first-order chi connectivity index (χ1) is 5.94. The van der Waals surface area contributed by atoms with Gasteiger partial charge in [-0.25, -0.2) is 0 Å². The molecule has 6 N–H and O–H groups in total. The molecule has 1 aliphatic carbocycles. The molecule has 0 spiro atoms. The van der Waals surface area contributed by atoms with Crippen molar-refractivity contribution in [2.45, 2.75) is 43.4 Å². The van der Waals surface area contributed by atoms with Crippen molar-refractivity contribution >= 4 is 5.91 Å². The average Bonchev–Trinajstić information content (AvgIpc) is 1.99. The van der Waals surface area contributed by atoms with Gasteiger partial charge in [0.15, 0.2) is 0 Å². The Bertz CT molecular complexity index is 204. The maximum Gasteiger partial charge on any atom is 0.247 e. The number of primary amides is 1. The van der Waals surface area contributed by atoms with Crippen LogP contribution < -0.4 is 11.5 Å². The third-order valence-corrected chi connectivity index (χ3v) is 2.60. The van der Waals surface area contributed by atoms with Crippen LogP contribution in [-0.4, -0.2) is 33.9 Å². The van der Waals surface area contributed by atoms with Gasteiger partial charge in [0.1, 0.15) is 6.10 Å². The van der Waals surface area contributed by atoms with Crippen LogP contribution in [0.25, 0.3) is 0 Å². The first-order valence-electron chi connectivity index (χ1n) is 4.40. The SMILES string of the molecule is NC(=O)C(O)C(N)CC1(O)CCC1. The van der Waals surface area contributed by atoms with Gasteiger partial charge in [-0.1, -0.05) is 0 Å². The zero-order valence-corrected chi connectivity index (χ0v) is 7.44. The molecule has 2 unspecified atom stereocenters. The third kappa shape index (κ3) is 2.40. The van der Waals surface area contributed by atoms with E-state index < -0.39 is 23.7 Å². The molecular formula is C8H16N2O3. The molecule has 5 nitrogen and oxygen atoms in total. The molecular weight excluding hydrogens is 172 g/mol. The van der Waals surface area contributed by atoms with E-state index in [0.717, 1.165) is 6.42 Å². The fourth-order valence-electron chi connectivity index (χ4n) is 1.55. The average molecular weight is 188 g/mol. The largest absolute Gasteiger partial charge is 0.390 e. The summed E-state index contributed by atoms with van der Waals surface area (Å²) in [6, 6.07) is -0.761. The van der Waals surface area contributed by atoms with E-state index in [1.165, 1.54) is 0 Å². The lowest BCUT2D eigenvalue weighted by Crippen LogP contribution is -2.50. The molecule has 0 heterocycles. The fraction of sp³-hybridized carbons (Fsp3) is 0.875. The van der Waals surface area contributed by atoms with Crippen LogP contribution in [0.1, 0.15) is 25.7 Å². The molecule has 0 radical (unpaired) electrons. The molecule has 76 valence electrons. The predicted octanol–water partition coefficient (Wildman–Crippen LogP) is -1.54. The highest BCUT2D eigenvalue weighted by molar-refractivity contribution is 5.79. The van der Waals surface area contributed by atoms with E-state index in [1.54, 1.807) is 0 Å². The van der Waals surface area contributed by atoms with Crippen LogP contribution in [0.15, 0.2) is 0 Å². The third-order valence-electron chi connectivity index (χ3n) is 2.60. The molecule has 1 aliphatic rings. The van der Waals surface area contributed by atoms with Crippen LogP contribution in [0.3, 0.4) is 0 Å². The Kier molecular flexibility index (Phi) is 2.90. The Morgan fingerprint density at radius 1 is 1.54 bits per heavy atom. The smallest absolute Gasteiger partial charge is 0.247 e. The molecule has 0 aliphatic heterocycles. The van der Waals surface area contributed by atoms with E-state index >= 15 is 0 Å². The summed E-state index contributed by atoms with van der Waals surface area (Å²) < 4.78 is 0. The van der Waals surface area contributed by atoms with E-state index in [-0.39, 0.29) is 6.42 Å². The summed E-state index contributed by atoms with van der Waals surface area (Å²) in [5.41, 5.74) is 9.59. The predicted molar refractivity (Wildman–Crippen MR) is 46.6 cm³/mol. The minimum absolute atomic E-state index is 0.233. The normalized spacial score (nSPS) is 24.5. The van der Waals surface area contributed by atoms with Crippen LogP contribution >= 0.6 is 0 Å². The Labute approximate surface area is 76.7 Å². The Morgan fingerprint density at radius 3 is 2.38 bits per heavy atom. The molecule has 0 aromatic carbocycles. The number of carbonyl (C=O) groups excluding carboxylic acids is 1. The van der Waals surface area contributed by atoms with Crippen LogP contribution in [-0.2, 0) is 4.79 Å². The second-order valence-corrected chi connectivity index (χ2v) is 3.79. The van der Waals surface area contributed by atoms with E-state index in [2.05, 4.69) is 0 Å². The van der Waals surface area contributed by atoms with E-state index in [0.29, 0.717) is 12.8 Å². The fourth-order valence-corrected chi connectivity index (χ4v) is 1.55. The minimum Gasteiger partial charge on any atom is -0.390 e. The molecule has 1 amide bonds. The van der Waals surface area contributed by atoms with Crippen LogP contribution in [0.2, 0.25) is 0 Å². The highest BCUT2D eigenvalue weighted by Crippen LogP contribution is 2.35. The summed E-state index contributed by atoms with van der Waals surface area (Å²) in [6.07, 6.45) is 1.22. The van der Waals surface area contributed by atoms with Crippen LogP contribution in [0.5, 0.6) is 0 Å².